The molecule has 7 heavy (non-hydrogen) atoms. The summed E-state index contributed by atoms with van der Waals surface area (Å²) in [5, 5.41) is 12.1. The zero-order valence-corrected chi connectivity index (χ0v) is 3.83. The van der Waals surface area contributed by atoms with Crippen LogP contribution in [0.1, 0.15) is 0 Å². The summed E-state index contributed by atoms with van der Waals surface area (Å²) >= 11 is 0. The molecule has 0 aliphatic carbocycles. The Morgan fingerprint density at radius 3 is 3.00 bits per heavy atom. The Hall–Kier alpha value is -0.810. The molecule has 2 heteroatoms. The van der Waals surface area contributed by atoms with E-state index >= 15 is 0 Å². The van der Waals surface area contributed by atoms with Gasteiger partial charge >= 0.3 is 0 Å². The predicted octanol–water partition coefficient (Wildman–Crippen LogP) is 0.0528. The molecular formula is C5H5N2. The molecule has 0 saturated heterocycles. The minimum Gasteiger partial charge on any atom is -0.215 e. The van der Waals surface area contributed by atoms with E-state index in [1.54, 1.807) is 6.08 Å². The summed E-state index contributed by atoms with van der Waals surface area (Å²) in [5.74, 6) is 0. The molecule has 1 atom stereocenters. The van der Waals surface area contributed by atoms with Gasteiger partial charge in [0, 0.05) is 6.54 Å². The molecule has 1 radical (unpaired) electrons. The lowest BCUT2D eigenvalue weighted by molar-refractivity contribution is 0.774. The molecule has 0 amide bonds. The summed E-state index contributed by atoms with van der Waals surface area (Å²) in [4.78, 5) is 0. The van der Waals surface area contributed by atoms with Crippen molar-refractivity contribution in [2.45, 2.75) is 6.04 Å². The van der Waals surface area contributed by atoms with Crippen LogP contribution in [0, 0.1) is 11.3 Å². The van der Waals surface area contributed by atoms with Crippen molar-refractivity contribution in [3.8, 4) is 6.07 Å². The number of rotatable bonds is 0. The maximum absolute atomic E-state index is 8.17. The first-order valence-electron chi connectivity index (χ1n) is 2.16. The lowest BCUT2D eigenvalue weighted by atomic mass is 10.4. The maximum atomic E-state index is 8.17. The van der Waals surface area contributed by atoms with Crippen molar-refractivity contribution in [2.75, 3.05) is 6.54 Å². The molecular weight excluding hydrogens is 88.1 g/mol. The van der Waals surface area contributed by atoms with Gasteiger partial charge in [-0.3, -0.25) is 0 Å². The van der Waals surface area contributed by atoms with E-state index in [1.165, 1.54) is 0 Å². The average Bonchev–Trinajstić information content (AvgIpc) is 2.14. The molecule has 1 unspecified atom stereocenters. The lowest BCUT2D eigenvalue weighted by Crippen LogP contribution is -2.10. The monoisotopic (exact) mass is 93.0 g/mol. The fourth-order valence-corrected chi connectivity index (χ4v) is 0.509. The molecule has 0 aromatic carbocycles. The third kappa shape index (κ3) is 0.787. The van der Waals surface area contributed by atoms with Crippen LogP contribution in [0.2, 0.25) is 0 Å². The van der Waals surface area contributed by atoms with Gasteiger partial charge in [0.1, 0.15) is 6.04 Å². The van der Waals surface area contributed by atoms with Crippen LogP contribution < -0.4 is 5.32 Å². The molecule has 35 valence electrons. The predicted molar refractivity (Wildman–Crippen MR) is 25.5 cm³/mol. The summed E-state index contributed by atoms with van der Waals surface area (Å²) in [6, 6.07) is 1.86. The smallest absolute Gasteiger partial charge is 0.130 e. The molecule has 0 spiro atoms. The highest BCUT2D eigenvalue weighted by molar-refractivity contribution is 5.11. The highest BCUT2D eigenvalue weighted by Gasteiger charge is 2.04. The fourth-order valence-electron chi connectivity index (χ4n) is 0.509. The number of nitriles is 1. The number of nitrogens with zero attached hydrogens (tertiary/aromatic N) is 2. The van der Waals surface area contributed by atoms with E-state index in [1.807, 2.05) is 12.1 Å². The second-order valence-corrected chi connectivity index (χ2v) is 1.37. The fraction of sp³-hybridized carbons (Fsp3) is 0.400. The molecule has 0 saturated carbocycles. The van der Waals surface area contributed by atoms with Gasteiger partial charge in [-0.05, 0) is 0 Å². The molecule has 1 heterocycles. The third-order valence-electron chi connectivity index (χ3n) is 0.858. The quantitative estimate of drug-likeness (QED) is 0.390. The molecule has 2 nitrogen and oxygen atoms in total. The van der Waals surface area contributed by atoms with Gasteiger partial charge in [0.25, 0.3) is 0 Å². The first-order chi connectivity index (χ1) is 3.43. The summed E-state index contributed by atoms with van der Waals surface area (Å²) in [5.41, 5.74) is 0. The van der Waals surface area contributed by atoms with Crippen molar-refractivity contribution in [3.05, 3.63) is 12.2 Å². The standard InChI is InChI=1S/C5H5N2/c6-4-5-2-1-3-7-5/h1-2,5H,3H2. The Labute approximate surface area is 42.4 Å². The largest absolute Gasteiger partial charge is 0.215 e. The first kappa shape index (κ1) is 4.35. The van der Waals surface area contributed by atoms with Gasteiger partial charge in [-0.25, -0.2) is 5.32 Å². The van der Waals surface area contributed by atoms with Gasteiger partial charge in [-0.1, -0.05) is 12.2 Å². The van der Waals surface area contributed by atoms with Crippen molar-refractivity contribution >= 4 is 0 Å². The maximum Gasteiger partial charge on any atom is 0.130 e. The van der Waals surface area contributed by atoms with Gasteiger partial charge < -0.3 is 0 Å². The number of hydrogen-bond acceptors (Lipinski definition) is 1. The minimum atomic E-state index is -0.153. The molecule has 0 aromatic rings. The molecule has 0 N–H and O–H groups in total. The van der Waals surface area contributed by atoms with Crippen LogP contribution in [0.5, 0.6) is 0 Å². The second kappa shape index (κ2) is 1.76. The van der Waals surface area contributed by atoms with Gasteiger partial charge in [0.15, 0.2) is 0 Å². The van der Waals surface area contributed by atoms with E-state index in [9.17, 15) is 0 Å². The Morgan fingerprint density at radius 2 is 2.71 bits per heavy atom. The van der Waals surface area contributed by atoms with Crippen LogP contribution >= 0.6 is 0 Å². The lowest BCUT2D eigenvalue weighted by Gasteiger charge is -1.87. The van der Waals surface area contributed by atoms with Gasteiger partial charge in [-0.15, -0.1) is 0 Å². The van der Waals surface area contributed by atoms with E-state index < -0.39 is 0 Å². The van der Waals surface area contributed by atoms with E-state index in [2.05, 4.69) is 5.32 Å². The molecule has 0 fully saturated rings. The van der Waals surface area contributed by atoms with Crippen LogP contribution in [-0.2, 0) is 0 Å². The summed E-state index contributed by atoms with van der Waals surface area (Å²) in [6.45, 7) is 0.720. The summed E-state index contributed by atoms with van der Waals surface area (Å²) in [6.07, 6.45) is 3.70. The van der Waals surface area contributed by atoms with Crippen LogP contribution in [0.25, 0.3) is 0 Å². The van der Waals surface area contributed by atoms with Gasteiger partial charge in [0.05, 0.1) is 6.07 Å². The van der Waals surface area contributed by atoms with E-state index in [-0.39, 0.29) is 6.04 Å². The minimum absolute atomic E-state index is 0.153. The summed E-state index contributed by atoms with van der Waals surface area (Å²) < 4.78 is 0. The Bertz CT molecular complexity index is 121. The zero-order valence-electron chi connectivity index (χ0n) is 3.83. The van der Waals surface area contributed by atoms with Gasteiger partial charge in [-0.2, -0.15) is 5.26 Å². The van der Waals surface area contributed by atoms with Crippen LogP contribution in [-0.4, -0.2) is 12.6 Å². The molecule has 1 aliphatic heterocycles. The summed E-state index contributed by atoms with van der Waals surface area (Å²) in [7, 11) is 0. The highest BCUT2D eigenvalue weighted by Crippen LogP contribution is 1.92. The van der Waals surface area contributed by atoms with Crippen molar-refractivity contribution in [1.82, 2.24) is 5.32 Å². The first-order valence-corrected chi connectivity index (χ1v) is 2.16. The second-order valence-electron chi connectivity index (χ2n) is 1.37. The highest BCUT2D eigenvalue weighted by atomic mass is 14.9. The SMILES string of the molecule is N#CC1C=CC[N]1. The normalized spacial score (nSPS) is 27.6. The van der Waals surface area contributed by atoms with Crippen molar-refractivity contribution in [2.24, 2.45) is 0 Å². The Kier molecular flexibility index (Phi) is 1.10. The molecule has 1 aliphatic rings. The van der Waals surface area contributed by atoms with E-state index in [0.717, 1.165) is 6.54 Å². The molecule has 0 aromatic heterocycles. The topological polar surface area (TPSA) is 37.9 Å². The van der Waals surface area contributed by atoms with Crippen LogP contribution in [0.4, 0.5) is 0 Å². The van der Waals surface area contributed by atoms with E-state index in [4.69, 9.17) is 5.26 Å². The Balaban J connectivity index is 2.47. The van der Waals surface area contributed by atoms with E-state index in [0.29, 0.717) is 0 Å². The zero-order chi connectivity index (χ0) is 5.11. The van der Waals surface area contributed by atoms with Crippen LogP contribution in [0.15, 0.2) is 12.2 Å². The van der Waals surface area contributed by atoms with Crippen molar-refractivity contribution < 1.29 is 0 Å². The van der Waals surface area contributed by atoms with Crippen LogP contribution in [0.3, 0.4) is 0 Å². The Morgan fingerprint density at radius 1 is 1.86 bits per heavy atom. The average molecular weight is 93.1 g/mol. The molecule has 1 rings (SSSR count). The number of hydrogen-bond donors (Lipinski definition) is 0. The van der Waals surface area contributed by atoms with Crippen molar-refractivity contribution in [1.29, 1.82) is 5.26 Å². The van der Waals surface area contributed by atoms with Crippen molar-refractivity contribution in [3.63, 3.8) is 0 Å². The van der Waals surface area contributed by atoms with Gasteiger partial charge in [0.2, 0.25) is 0 Å². The third-order valence-corrected chi connectivity index (χ3v) is 0.858. The molecule has 0 bridgehead atoms.